The molecule has 0 atom stereocenters. The lowest BCUT2D eigenvalue weighted by molar-refractivity contribution is 0.117. The van der Waals surface area contributed by atoms with Crippen LogP contribution >= 0.6 is 0 Å². The summed E-state index contributed by atoms with van der Waals surface area (Å²) in [6.45, 7) is 10.4. The van der Waals surface area contributed by atoms with Gasteiger partial charge in [-0.1, -0.05) is 44.2 Å². The van der Waals surface area contributed by atoms with E-state index in [9.17, 15) is 0 Å². The zero-order chi connectivity index (χ0) is 21.1. The van der Waals surface area contributed by atoms with Gasteiger partial charge in [0.15, 0.2) is 5.96 Å². The highest BCUT2D eigenvalue weighted by Gasteiger charge is 2.15. The van der Waals surface area contributed by atoms with Gasteiger partial charge in [-0.15, -0.1) is 0 Å². The molecule has 0 saturated heterocycles. The molecule has 0 spiro atoms. The molecule has 1 N–H and O–H groups in total. The van der Waals surface area contributed by atoms with Crippen LogP contribution in [-0.4, -0.2) is 47.4 Å². The number of hydrogen-bond donors (Lipinski definition) is 1. The second-order valence-electron chi connectivity index (χ2n) is 7.70. The summed E-state index contributed by atoms with van der Waals surface area (Å²) in [6, 6.07) is 10.3. The summed E-state index contributed by atoms with van der Waals surface area (Å²) in [5.41, 5.74) is 3.63. The summed E-state index contributed by atoms with van der Waals surface area (Å²) in [5.74, 6) is 1.35. The first-order valence-electron chi connectivity index (χ1n) is 10.6. The number of unbranched alkanes of at least 4 members (excludes halogenated alkanes) is 1. The van der Waals surface area contributed by atoms with Crippen molar-refractivity contribution in [1.82, 2.24) is 20.0 Å². The molecular weight excluding hydrogens is 362 g/mol. The van der Waals surface area contributed by atoms with Gasteiger partial charge >= 0.3 is 0 Å². The minimum atomic E-state index is 0.412. The predicted octanol–water partition coefficient (Wildman–Crippen LogP) is 3.94. The molecular formula is C23H37N5O. The minimum absolute atomic E-state index is 0.412. The largest absolute Gasteiger partial charge is 0.377 e. The Kier molecular flexibility index (Phi) is 9.71. The number of guanidine groups is 1. The minimum Gasteiger partial charge on any atom is -0.377 e. The number of rotatable bonds is 11. The van der Waals surface area contributed by atoms with Crippen molar-refractivity contribution in [2.75, 3.05) is 26.7 Å². The zero-order valence-corrected chi connectivity index (χ0v) is 18.7. The third kappa shape index (κ3) is 7.89. The van der Waals surface area contributed by atoms with E-state index in [2.05, 4.69) is 61.5 Å². The van der Waals surface area contributed by atoms with Crippen molar-refractivity contribution >= 4 is 5.96 Å². The highest BCUT2D eigenvalue weighted by Crippen LogP contribution is 2.18. The predicted molar refractivity (Wildman–Crippen MR) is 120 cm³/mol. The van der Waals surface area contributed by atoms with Gasteiger partial charge < -0.3 is 15.0 Å². The summed E-state index contributed by atoms with van der Waals surface area (Å²) in [6.07, 6.45) is 4.14. The van der Waals surface area contributed by atoms with Crippen LogP contribution in [0, 0.1) is 0 Å². The van der Waals surface area contributed by atoms with Crippen molar-refractivity contribution in [3.05, 3.63) is 53.3 Å². The quantitative estimate of drug-likeness (QED) is 0.353. The Bertz CT molecular complexity index is 739. The summed E-state index contributed by atoms with van der Waals surface area (Å²) >= 11 is 0. The molecule has 1 aromatic carbocycles. The standard InChI is InChI=1S/C23H37N5O/c1-6-24-23(27(4)16-21-17-28(5)26-22(21)19(2)3)25-14-10-11-15-29-18-20-12-8-7-9-13-20/h7-9,12-13,17,19H,6,10-11,14-16,18H2,1-5H3,(H,24,25). The third-order valence-corrected chi connectivity index (χ3v) is 4.66. The first-order valence-corrected chi connectivity index (χ1v) is 10.6. The molecule has 0 bridgehead atoms. The Morgan fingerprint density at radius 2 is 2.00 bits per heavy atom. The van der Waals surface area contributed by atoms with Crippen molar-refractivity contribution < 1.29 is 4.74 Å². The fraction of sp³-hybridized carbons (Fsp3) is 0.565. The van der Waals surface area contributed by atoms with Crippen LogP contribution in [0.25, 0.3) is 0 Å². The van der Waals surface area contributed by atoms with Crippen LogP contribution in [0.1, 0.15) is 56.4 Å². The molecule has 0 aliphatic rings. The number of aromatic nitrogens is 2. The molecule has 0 aliphatic heterocycles. The Balaban J connectivity index is 1.78. The maximum atomic E-state index is 5.75. The van der Waals surface area contributed by atoms with E-state index in [0.717, 1.165) is 50.7 Å². The molecule has 29 heavy (non-hydrogen) atoms. The van der Waals surface area contributed by atoms with Crippen molar-refractivity contribution in [3.63, 3.8) is 0 Å². The number of ether oxygens (including phenoxy) is 1. The number of aliphatic imine (C=N–C) groups is 1. The van der Waals surface area contributed by atoms with Gasteiger partial charge in [-0.05, 0) is 31.2 Å². The van der Waals surface area contributed by atoms with Gasteiger partial charge in [0.2, 0.25) is 0 Å². The van der Waals surface area contributed by atoms with Gasteiger partial charge in [-0.25, -0.2) is 0 Å². The van der Waals surface area contributed by atoms with E-state index in [1.807, 2.05) is 29.9 Å². The molecule has 6 nitrogen and oxygen atoms in total. The normalized spacial score (nSPS) is 11.9. The van der Waals surface area contributed by atoms with Gasteiger partial charge in [0.1, 0.15) is 0 Å². The molecule has 0 unspecified atom stereocenters. The average Bonchev–Trinajstić information content (AvgIpc) is 3.07. The molecule has 0 radical (unpaired) electrons. The van der Waals surface area contributed by atoms with Crippen LogP contribution in [0.3, 0.4) is 0 Å². The van der Waals surface area contributed by atoms with Gasteiger partial charge in [0.25, 0.3) is 0 Å². The van der Waals surface area contributed by atoms with E-state index >= 15 is 0 Å². The lowest BCUT2D eigenvalue weighted by atomic mass is 10.1. The van der Waals surface area contributed by atoms with Gasteiger partial charge in [-0.3, -0.25) is 9.67 Å². The maximum absolute atomic E-state index is 5.75. The van der Waals surface area contributed by atoms with Crippen molar-refractivity contribution in [2.24, 2.45) is 12.0 Å². The Morgan fingerprint density at radius 3 is 2.69 bits per heavy atom. The highest BCUT2D eigenvalue weighted by atomic mass is 16.5. The Hall–Kier alpha value is -2.34. The fourth-order valence-electron chi connectivity index (χ4n) is 3.23. The number of benzene rings is 1. The first kappa shape index (κ1) is 22.9. The molecule has 0 aliphatic carbocycles. The Morgan fingerprint density at radius 1 is 1.24 bits per heavy atom. The van der Waals surface area contributed by atoms with Crippen LogP contribution in [0.4, 0.5) is 0 Å². The smallest absolute Gasteiger partial charge is 0.193 e. The van der Waals surface area contributed by atoms with Crippen LogP contribution in [-0.2, 0) is 24.9 Å². The summed E-state index contributed by atoms with van der Waals surface area (Å²) in [4.78, 5) is 6.97. The second-order valence-corrected chi connectivity index (χ2v) is 7.70. The summed E-state index contributed by atoms with van der Waals surface area (Å²) in [7, 11) is 4.07. The van der Waals surface area contributed by atoms with E-state index in [1.165, 1.54) is 11.1 Å². The van der Waals surface area contributed by atoms with E-state index < -0.39 is 0 Å². The van der Waals surface area contributed by atoms with Crippen molar-refractivity contribution in [1.29, 1.82) is 0 Å². The van der Waals surface area contributed by atoms with Gasteiger partial charge in [0.05, 0.1) is 12.3 Å². The van der Waals surface area contributed by atoms with Crippen LogP contribution in [0.2, 0.25) is 0 Å². The van der Waals surface area contributed by atoms with Crippen LogP contribution < -0.4 is 5.32 Å². The molecule has 0 saturated carbocycles. The second kappa shape index (κ2) is 12.3. The van der Waals surface area contributed by atoms with E-state index in [0.29, 0.717) is 12.5 Å². The van der Waals surface area contributed by atoms with Gasteiger partial charge in [0, 0.05) is 52.1 Å². The molecule has 6 heteroatoms. The van der Waals surface area contributed by atoms with Crippen LogP contribution in [0.15, 0.2) is 41.5 Å². The number of hydrogen-bond acceptors (Lipinski definition) is 3. The zero-order valence-electron chi connectivity index (χ0n) is 18.7. The molecule has 2 rings (SSSR count). The molecule has 0 fully saturated rings. The molecule has 2 aromatic rings. The number of nitrogens with one attached hydrogen (secondary N) is 1. The van der Waals surface area contributed by atoms with E-state index in [4.69, 9.17) is 9.73 Å². The van der Waals surface area contributed by atoms with Crippen molar-refractivity contribution in [2.45, 2.75) is 52.7 Å². The Labute approximate surface area is 176 Å². The maximum Gasteiger partial charge on any atom is 0.193 e. The first-order chi connectivity index (χ1) is 14.0. The monoisotopic (exact) mass is 399 g/mol. The van der Waals surface area contributed by atoms with E-state index in [1.54, 1.807) is 0 Å². The molecule has 160 valence electrons. The molecule has 0 amide bonds. The number of nitrogens with zero attached hydrogens (tertiary/aromatic N) is 4. The fourth-order valence-corrected chi connectivity index (χ4v) is 3.23. The van der Waals surface area contributed by atoms with Gasteiger partial charge in [-0.2, -0.15) is 5.10 Å². The summed E-state index contributed by atoms with van der Waals surface area (Å²) in [5, 5.41) is 8.01. The highest BCUT2D eigenvalue weighted by molar-refractivity contribution is 5.79. The van der Waals surface area contributed by atoms with Crippen LogP contribution in [0.5, 0.6) is 0 Å². The average molecular weight is 400 g/mol. The SMILES string of the molecule is CCNC(=NCCCCOCc1ccccc1)N(C)Cc1cn(C)nc1C(C)C. The molecule has 1 heterocycles. The van der Waals surface area contributed by atoms with E-state index in [-0.39, 0.29) is 0 Å². The third-order valence-electron chi connectivity index (χ3n) is 4.66. The lowest BCUT2D eigenvalue weighted by Gasteiger charge is -2.22. The lowest BCUT2D eigenvalue weighted by Crippen LogP contribution is -2.38. The molecule has 1 aromatic heterocycles. The summed E-state index contributed by atoms with van der Waals surface area (Å²) < 4.78 is 7.66. The number of aryl methyl sites for hydroxylation is 1. The topological polar surface area (TPSA) is 54.7 Å². The van der Waals surface area contributed by atoms with Crippen molar-refractivity contribution in [3.8, 4) is 0 Å².